The number of halogens is 1. The van der Waals surface area contributed by atoms with E-state index in [0.717, 1.165) is 5.56 Å². The maximum Gasteiger partial charge on any atom is 0.265 e. The zero-order valence-electron chi connectivity index (χ0n) is 15.5. The van der Waals surface area contributed by atoms with Gasteiger partial charge < -0.3 is 14.4 Å². The summed E-state index contributed by atoms with van der Waals surface area (Å²) < 4.78 is 11.5. The molecule has 0 saturated carbocycles. The van der Waals surface area contributed by atoms with E-state index in [0.29, 0.717) is 29.5 Å². The van der Waals surface area contributed by atoms with Crippen molar-refractivity contribution < 1.29 is 19.1 Å². The summed E-state index contributed by atoms with van der Waals surface area (Å²) in [5.74, 6) is 0.163. The highest BCUT2D eigenvalue weighted by Gasteiger charge is 2.33. The second-order valence-electron chi connectivity index (χ2n) is 7.03. The molecule has 0 aromatic heterocycles. The average molecular weight is 401 g/mol. The molecular weight excluding hydrogens is 380 g/mol. The Kier molecular flexibility index (Phi) is 5.24. The number of ether oxygens (including phenoxy) is 2. The van der Waals surface area contributed by atoms with Gasteiger partial charge in [0.25, 0.3) is 5.91 Å². The second-order valence-corrected chi connectivity index (χ2v) is 7.46. The molecule has 0 spiro atoms. The molecular formula is C21H21ClN2O4. The number of rotatable bonds is 3. The summed E-state index contributed by atoms with van der Waals surface area (Å²) in [4.78, 5) is 28.6. The molecule has 2 aromatic rings. The van der Waals surface area contributed by atoms with E-state index < -0.39 is 0 Å². The topological polar surface area (TPSA) is 59.1 Å². The lowest BCUT2D eigenvalue weighted by molar-refractivity contribution is -0.144. The van der Waals surface area contributed by atoms with Gasteiger partial charge in [0.05, 0.1) is 18.3 Å². The van der Waals surface area contributed by atoms with Gasteiger partial charge in [-0.05, 0) is 30.7 Å². The first kappa shape index (κ1) is 18.8. The second kappa shape index (κ2) is 7.81. The molecule has 2 atom stereocenters. The fraction of sp³-hybridized carbons (Fsp3) is 0.333. The van der Waals surface area contributed by atoms with E-state index in [2.05, 4.69) is 0 Å². The van der Waals surface area contributed by atoms with E-state index in [9.17, 15) is 9.59 Å². The summed E-state index contributed by atoms with van der Waals surface area (Å²) in [6.45, 7) is 2.75. The van der Waals surface area contributed by atoms with Crippen molar-refractivity contribution in [2.45, 2.75) is 19.1 Å². The third-order valence-corrected chi connectivity index (χ3v) is 5.18. The summed E-state index contributed by atoms with van der Waals surface area (Å²) in [5.41, 5.74) is 1.56. The Balaban J connectivity index is 1.52. The summed E-state index contributed by atoms with van der Waals surface area (Å²) in [6.07, 6.45) is -0.277. The van der Waals surface area contributed by atoms with Crippen LogP contribution in [0, 0.1) is 0 Å². The van der Waals surface area contributed by atoms with Crippen LogP contribution in [0.25, 0.3) is 0 Å². The van der Waals surface area contributed by atoms with Crippen LogP contribution in [0.3, 0.4) is 0 Å². The SMILES string of the molecule is C[C@H]1CN(C(=O)CN2C(=O)COc3ccc(Cl)cc32)C[C@@H](c2ccccc2)O1. The molecule has 0 radical (unpaired) electrons. The highest BCUT2D eigenvalue weighted by molar-refractivity contribution is 6.31. The maximum absolute atomic E-state index is 13.0. The van der Waals surface area contributed by atoms with Gasteiger partial charge in [-0.3, -0.25) is 14.5 Å². The quantitative estimate of drug-likeness (QED) is 0.794. The lowest BCUT2D eigenvalue weighted by Crippen LogP contribution is -2.51. The minimum Gasteiger partial charge on any atom is -0.482 e. The molecule has 0 aliphatic carbocycles. The van der Waals surface area contributed by atoms with Crippen LogP contribution in [0.5, 0.6) is 5.75 Å². The monoisotopic (exact) mass is 400 g/mol. The molecule has 28 heavy (non-hydrogen) atoms. The fourth-order valence-electron chi connectivity index (χ4n) is 3.59. The first-order chi connectivity index (χ1) is 13.5. The highest BCUT2D eigenvalue weighted by atomic mass is 35.5. The summed E-state index contributed by atoms with van der Waals surface area (Å²) in [6, 6.07) is 14.9. The number of hydrogen-bond donors (Lipinski definition) is 0. The Bertz CT molecular complexity index is 889. The lowest BCUT2D eigenvalue weighted by Gasteiger charge is -2.38. The van der Waals surface area contributed by atoms with E-state index in [1.165, 1.54) is 4.90 Å². The van der Waals surface area contributed by atoms with E-state index >= 15 is 0 Å². The number of nitrogens with zero attached hydrogens (tertiary/aromatic N) is 2. The van der Waals surface area contributed by atoms with Crippen LogP contribution in [-0.2, 0) is 14.3 Å². The van der Waals surface area contributed by atoms with E-state index in [1.54, 1.807) is 23.1 Å². The summed E-state index contributed by atoms with van der Waals surface area (Å²) >= 11 is 6.08. The first-order valence-corrected chi connectivity index (χ1v) is 9.60. The number of fused-ring (bicyclic) bond motifs is 1. The highest BCUT2D eigenvalue weighted by Crippen LogP contribution is 2.34. The number of carbonyl (C=O) groups is 2. The smallest absolute Gasteiger partial charge is 0.265 e. The van der Waals surface area contributed by atoms with Crippen molar-refractivity contribution in [3.63, 3.8) is 0 Å². The first-order valence-electron chi connectivity index (χ1n) is 9.22. The lowest BCUT2D eigenvalue weighted by atomic mass is 10.1. The zero-order valence-corrected chi connectivity index (χ0v) is 16.3. The van der Waals surface area contributed by atoms with Gasteiger partial charge >= 0.3 is 0 Å². The van der Waals surface area contributed by atoms with Gasteiger partial charge in [0.1, 0.15) is 18.4 Å². The van der Waals surface area contributed by atoms with Gasteiger partial charge in [-0.1, -0.05) is 41.9 Å². The molecule has 0 bridgehead atoms. The molecule has 2 amide bonds. The van der Waals surface area contributed by atoms with Gasteiger partial charge in [0.2, 0.25) is 5.91 Å². The maximum atomic E-state index is 13.0. The molecule has 4 rings (SSSR count). The third kappa shape index (κ3) is 3.84. The Morgan fingerprint density at radius 3 is 2.75 bits per heavy atom. The van der Waals surface area contributed by atoms with Crippen molar-refractivity contribution in [2.75, 3.05) is 31.1 Å². The third-order valence-electron chi connectivity index (χ3n) is 4.94. The number of carbonyl (C=O) groups excluding carboxylic acids is 2. The van der Waals surface area contributed by atoms with E-state index in [1.807, 2.05) is 37.3 Å². The molecule has 2 aromatic carbocycles. The van der Waals surface area contributed by atoms with Gasteiger partial charge in [-0.2, -0.15) is 0 Å². The zero-order chi connectivity index (χ0) is 19.7. The van der Waals surface area contributed by atoms with Crippen LogP contribution in [0.15, 0.2) is 48.5 Å². The van der Waals surface area contributed by atoms with Crippen LogP contribution in [0.1, 0.15) is 18.6 Å². The number of hydrogen-bond acceptors (Lipinski definition) is 4. The van der Waals surface area contributed by atoms with Crippen molar-refractivity contribution in [1.82, 2.24) is 4.90 Å². The fourth-order valence-corrected chi connectivity index (χ4v) is 3.76. The Morgan fingerprint density at radius 2 is 1.96 bits per heavy atom. The predicted octanol–water partition coefficient (Wildman–Crippen LogP) is 3.05. The van der Waals surface area contributed by atoms with Crippen LogP contribution >= 0.6 is 11.6 Å². The minimum atomic E-state index is -0.260. The summed E-state index contributed by atoms with van der Waals surface area (Å²) in [7, 11) is 0. The van der Waals surface area contributed by atoms with Crippen LogP contribution in [0.4, 0.5) is 5.69 Å². The van der Waals surface area contributed by atoms with Crippen LogP contribution in [0.2, 0.25) is 5.02 Å². The minimum absolute atomic E-state index is 0.0518. The molecule has 1 saturated heterocycles. The van der Waals surface area contributed by atoms with Crippen molar-refractivity contribution in [3.8, 4) is 5.75 Å². The predicted molar refractivity (Wildman–Crippen MR) is 106 cm³/mol. The number of morpholine rings is 1. The number of benzene rings is 2. The van der Waals surface area contributed by atoms with Gasteiger partial charge in [0.15, 0.2) is 6.61 Å². The van der Waals surface area contributed by atoms with Crippen LogP contribution < -0.4 is 9.64 Å². The van der Waals surface area contributed by atoms with Gasteiger partial charge in [-0.15, -0.1) is 0 Å². The largest absolute Gasteiger partial charge is 0.482 e. The Labute approximate surface area is 168 Å². The average Bonchev–Trinajstić information content (AvgIpc) is 2.70. The molecule has 2 aliphatic rings. The number of anilines is 1. The van der Waals surface area contributed by atoms with Crippen molar-refractivity contribution in [2.24, 2.45) is 0 Å². The number of amides is 2. The molecule has 146 valence electrons. The molecule has 6 nitrogen and oxygen atoms in total. The molecule has 0 unspecified atom stereocenters. The van der Waals surface area contributed by atoms with Crippen molar-refractivity contribution >= 4 is 29.1 Å². The van der Waals surface area contributed by atoms with Gasteiger partial charge in [-0.25, -0.2) is 0 Å². The molecule has 1 fully saturated rings. The normalized spacial score (nSPS) is 21.9. The standard InChI is InChI=1S/C21H21ClN2O4/c1-14-10-23(11-19(28-14)15-5-3-2-4-6-15)20(25)12-24-17-9-16(22)7-8-18(17)27-13-21(24)26/h2-9,14,19H,10-13H2,1H3/t14-,19-/m0/s1. The Morgan fingerprint density at radius 1 is 1.18 bits per heavy atom. The molecule has 2 aliphatic heterocycles. The van der Waals surface area contributed by atoms with E-state index in [4.69, 9.17) is 21.1 Å². The van der Waals surface area contributed by atoms with Crippen molar-refractivity contribution in [1.29, 1.82) is 0 Å². The Hall–Kier alpha value is -2.57. The van der Waals surface area contributed by atoms with E-state index in [-0.39, 0.29) is 37.2 Å². The molecule has 0 N–H and O–H groups in total. The molecule has 7 heteroatoms. The van der Waals surface area contributed by atoms with Crippen molar-refractivity contribution in [3.05, 3.63) is 59.1 Å². The summed E-state index contributed by atoms with van der Waals surface area (Å²) in [5, 5.41) is 0.485. The van der Waals surface area contributed by atoms with Gasteiger partial charge in [0, 0.05) is 11.6 Å². The molecule has 2 heterocycles. The van der Waals surface area contributed by atoms with Crippen LogP contribution in [-0.4, -0.2) is 49.1 Å².